The average molecular weight is 569 g/mol. The van der Waals surface area contributed by atoms with E-state index in [0.29, 0.717) is 11.1 Å². The van der Waals surface area contributed by atoms with E-state index >= 15 is 0 Å². The molecule has 13 heteroatoms. The fourth-order valence-corrected chi connectivity index (χ4v) is 6.36. The minimum Gasteiger partial charge on any atom is -0.480 e. The largest absolute Gasteiger partial charge is 0.480 e. The lowest BCUT2D eigenvalue weighted by atomic mass is 9.95. The quantitative estimate of drug-likeness (QED) is 0.272. The Hall–Kier alpha value is -4.39. The van der Waals surface area contributed by atoms with Crippen LogP contribution in [0.5, 0.6) is 0 Å². The summed E-state index contributed by atoms with van der Waals surface area (Å²) in [6.45, 7) is 4.56. The monoisotopic (exact) mass is 568 g/mol. The number of esters is 1. The molecule has 0 aliphatic carbocycles. The number of amides is 5. The summed E-state index contributed by atoms with van der Waals surface area (Å²) in [5.74, 6) is -4.07. The first-order valence-electron chi connectivity index (χ1n) is 12.3. The fraction of sp³-hybridized carbons (Fsp3) is 0.333. The fourth-order valence-electron chi connectivity index (χ4n) is 4.74. The summed E-state index contributed by atoms with van der Waals surface area (Å²) in [5.41, 5.74) is 0.707. The van der Waals surface area contributed by atoms with Crippen LogP contribution in [0, 0.1) is 0 Å². The number of urea groups is 1. The van der Waals surface area contributed by atoms with Crippen LogP contribution in [-0.4, -0.2) is 67.9 Å². The number of nitrogens with one attached hydrogen (secondary N) is 3. The molecule has 2 aliphatic heterocycles. The molecule has 2 aliphatic rings. The first kappa shape index (κ1) is 28.6. The SMILES string of the molecule is CC(=O)OC(C(=O)NC(=O)NC(C(=O)N[C@@H]1C(=O)N2[C@@H]1SC(C)(C)[C@@H]2C(=O)O)c1ccccc1)c1ccccc1. The number of carboxylic acid groups (broad SMARTS) is 1. The van der Waals surface area contributed by atoms with Gasteiger partial charge in [-0.05, 0) is 19.4 Å². The summed E-state index contributed by atoms with van der Waals surface area (Å²) in [6, 6.07) is 11.9. The summed E-state index contributed by atoms with van der Waals surface area (Å²) >= 11 is 1.27. The number of rotatable bonds is 8. The van der Waals surface area contributed by atoms with Gasteiger partial charge in [-0.15, -0.1) is 11.8 Å². The highest BCUT2D eigenvalue weighted by Gasteiger charge is 2.64. The van der Waals surface area contributed by atoms with Crippen LogP contribution in [0.2, 0.25) is 0 Å². The number of carbonyl (C=O) groups excluding carboxylic acids is 5. The van der Waals surface area contributed by atoms with Crippen molar-refractivity contribution in [2.75, 3.05) is 0 Å². The zero-order valence-corrected chi connectivity index (χ0v) is 22.6. The maximum Gasteiger partial charge on any atom is 0.327 e. The maximum absolute atomic E-state index is 13.4. The molecule has 0 aromatic heterocycles. The van der Waals surface area contributed by atoms with Crippen LogP contribution in [-0.2, 0) is 28.7 Å². The molecule has 2 heterocycles. The molecule has 2 aromatic carbocycles. The summed E-state index contributed by atoms with van der Waals surface area (Å²) in [6.07, 6.45) is -1.41. The van der Waals surface area contributed by atoms with Gasteiger partial charge in [-0.3, -0.25) is 24.5 Å². The predicted octanol–water partition coefficient (Wildman–Crippen LogP) is 1.49. The second-order valence-corrected chi connectivity index (χ2v) is 11.6. The van der Waals surface area contributed by atoms with Crippen LogP contribution in [0.4, 0.5) is 4.79 Å². The zero-order chi connectivity index (χ0) is 29.2. The van der Waals surface area contributed by atoms with Gasteiger partial charge in [0, 0.05) is 17.2 Å². The molecule has 0 saturated carbocycles. The van der Waals surface area contributed by atoms with Crippen molar-refractivity contribution in [3.8, 4) is 0 Å². The first-order chi connectivity index (χ1) is 18.9. The lowest BCUT2D eigenvalue weighted by molar-refractivity contribution is -0.161. The van der Waals surface area contributed by atoms with Crippen molar-refractivity contribution in [3.05, 3.63) is 71.8 Å². The Morgan fingerprint density at radius 1 is 0.950 bits per heavy atom. The van der Waals surface area contributed by atoms with E-state index in [9.17, 15) is 33.9 Å². The summed E-state index contributed by atoms with van der Waals surface area (Å²) in [4.78, 5) is 76.6. The summed E-state index contributed by atoms with van der Waals surface area (Å²) in [5, 5.41) is 16.2. The molecule has 2 unspecified atom stereocenters. The first-order valence-corrected chi connectivity index (χ1v) is 13.2. The van der Waals surface area contributed by atoms with Crippen molar-refractivity contribution in [1.29, 1.82) is 0 Å². The van der Waals surface area contributed by atoms with Crippen molar-refractivity contribution in [3.63, 3.8) is 0 Å². The van der Waals surface area contributed by atoms with E-state index in [-0.39, 0.29) is 0 Å². The molecule has 0 bridgehead atoms. The average Bonchev–Trinajstić information content (AvgIpc) is 3.17. The lowest BCUT2D eigenvalue weighted by Crippen LogP contribution is -2.71. The van der Waals surface area contributed by atoms with Crippen LogP contribution >= 0.6 is 11.8 Å². The molecule has 2 aromatic rings. The standard InChI is InChI=1S/C27H28N4O8S/c1-14(32)39-19(16-12-8-5-9-13-16)22(34)30-26(38)29-17(15-10-6-4-7-11-15)21(33)28-18-23(35)31-20(25(36)37)27(2,3)40-24(18)31/h4-13,17-20,24H,1-3H3,(H,28,33)(H,36,37)(H2,29,30,34,38)/t17?,18-,19?,20+,24-/m1/s1. The van der Waals surface area contributed by atoms with Gasteiger partial charge < -0.3 is 25.4 Å². The molecule has 5 atom stereocenters. The van der Waals surface area contributed by atoms with Crippen molar-refractivity contribution in [1.82, 2.24) is 20.9 Å². The van der Waals surface area contributed by atoms with E-state index in [1.165, 1.54) is 16.7 Å². The maximum atomic E-state index is 13.4. The van der Waals surface area contributed by atoms with Crippen LogP contribution in [0.15, 0.2) is 60.7 Å². The van der Waals surface area contributed by atoms with E-state index < -0.39 is 70.0 Å². The van der Waals surface area contributed by atoms with Crippen LogP contribution in [0.3, 0.4) is 0 Å². The number of ether oxygens (including phenoxy) is 1. The van der Waals surface area contributed by atoms with Gasteiger partial charge in [0.2, 0.25) is 17.9 Å². The highest BCUT2D eigenvalue weighted by molar-refractivity contribution is 8.01. The molecule has 4 N–H and O–H groups in total. The number of thioether (sulfide) groups is 1. The molecule has 4 rings (SSSR count). The Labute approximate surface area is 233 Å². The highest BCUT2D eigenvalue weighted by atomic mass is 32.2. The van der Waals surface area contributed by atoms with Gasteiger partial charge in [0.05, 0.1) is 0 Å². The molecule has 12 nitrogen and oxygen atoms in total. The van der Waals surface area contributed by atoms with Crippen molar-refractivity contribution in [2.45, 2.75) is 55.1 Å². The van der Waals surface area contributed by atoms with Crippen molar-refractivity contribution in [2.24, 2.45) is 0 Å². The molecule has 0 spiro atoms. The number of β-lactam (4-membered cyclic amide) rings is 1. The van der Waals surface area contributed by atoms with Crippen LogP contribution < -0.4 is 16.0 Å². The summed E-state index contributed by atoms with van der Waals surface area (Å²) < 4.78 is 4.33. The van der Waals surface area contributed by atoms with Gasteiger partial charge in [-0.1, -0.05) is 60.7 Å². The number of carboxylic acids is 1. The third-order valence-corrected chi connectivity index (χ3v) is 8.08. The molecular formula is C27H28N4O8S. The number of aliphatic carboxylic acids is 1. The molecule has 2 fully saturated rings. The van der Waals surface area contributed by atoms with Gasteiger partial charge >= 0.3 is 18.0 Å². The Morgan fingerprint density at radius 3 is 2.08 bits per heavy atom. The number of benzene rings is 2. The molecule has 0 radical (unpaired) electrons. The molecular weight excluding hydrogens is 540 g/mol. The number of hydrogen-bond donors (Lipinski definition) is 4. The normalized spacial score (nSPS) is 22.1. The van der Waals surface area contributed by atoms with E-state index in [0.717, 1.165) is 6.92 Å². The van der Waals surface area contributed by atoms with Crippen molar-refractivity contribution >= 4 is 47.5 Å². The topological polar surface area (TPSA) is 171 Å². The van der Waals surface area contributed by atoms with E-state index in [1.54, 1.807) is 74.5 Å². The molecule has 210 valence electrons. The zero-order valence-electron chi connectivity index (χ0n) is 21.8. The minimum absolute atomic E-state index is 0.338. The summed E-state index contributed by atoms with van der Waals surface area (Å²) in [7, 11) is 0. The minimum atomic E-state index is -1.41. The van der Waals surface area contributed by atoms with Crippen LogP contribution in [0.1, 0.15) is 44.0 Å². The van der Waals surface area contributed by atoms with Gasteiger partial charge in [0.25, 0.3) is 5.91 Å². The number of carbonyl (C=O) groups is 6. The smallest absolute Gasteiger partial charge is 0.327 e. The predicted molar refractivity (Wildman–Crippen MR) is 142 cm³/mol. The van der Waals surface area contributed by atoms with E-state index in [2.05, 4.69) is 16.0 Å². The number of hydrogen-bond acceptors (Lipinski definition) is 8. The molecule has 2 saturated heterocycles. The molecule has 40 heavy (non-hydrogen) atoms. The van der Waals surface area contributed by atoms with Crippen molar-refractivity contribution < 1.29 is 38.6 Å². The Kier molecular flexibility index (Phi) is 8.14. The van der Waals surface area contributed by atoms with Gasteiger partial charge in [-0.2, -0.15) is 0 Å². The number of imide groups is 1. The van der Waals surface area contributed by atoms with Gasteiger partial charge in [0.15, 0.2) is 0 Å². The highest BCUT2D eigenvalue weighted by Crippen LogP contribution is 2.50. The van der Waals surface area contributed by atoms with E-state index in [4.69, 9.17) is 4.74 Å². The van der Waals surface area contributed by atoms with Gasteiger partial charge in [-0.25, -0.2) is 9.59 Å². The Morgan fingerprint density at radius 2 is 1.52 bits per heavy atom. The number of nitrogens with zero attached hydrogens (tertiary/aromatic N) is 1. The third kappa shape index (κ3) is 5.78. The third-order valence-electron chi connectivity index (χ3n) is 6.50. The molecule has 5 amide bonds. The second-order valence-electron chi connectivity index (χ2n) is 9.79. The van der Waals surface area contributed by atoms with Crippen LogP contribution in [0.25, 0.3) is 0 Å². The van der Waals surface area contributed by atoms with Gasteiger partial charge in [0.1, 0.15) is 23.5 Å². The number of fused-ring (bicyclic) bond motifs is 1. The lowest BCUT2D eigenvalue weighted by Gasteiger charge is -2.44. The second kappa shape index (κ2) is 11.4. The Balaban J connectivity index is 1.48. The Bertz CT molecular complexity index is 1340. The van der Waals surface area contributed by atoms with E-state index in [1.807, 2.05) is 0 Å².